The summed E-state index contributed by atoms with van der Waals surface area (Å²) in [4.78, 5) is 32.1. The highest BCUT2D eigenvalue weighted by Crippen LogP contribution is 2.25. The molecule has 1 aliphatic carbocycles. The summed E-state index contributed by atoms with van der Waals surface area (Å²) < 4.78 is 0. The topological polar surface area (TPSA) is 65.5 Å². The van der Waals surface area contributed by atoms with Crippen LogP contribution in [-0.2, 0) is 9.59 Å². The fourth-order valence-corrected chi connectivity index (χ4v) is 3.52. The lowest BCUT2D eigenvalue weighted by Gasteiger charge is -2.35. The molecule has 0 unspecified atom stereocenters. The Morgan fingerprint density at radius 1 is 1.08 bits per heavy atom. The van der Waals surface area contributed by atoms with Crippen molar-refractivity contribution in [2.75, 3.05) is 36.4 Å². The molecule has 2 amide bonds. The third kappa shape index (κ3) is 4.04. The van der Waals surface area contributed by atoms with E-state index in [1.807, 2.05) is 17.0 Å². The Morgan fingerprint density at radius 3 is 2.38 bits per heavy atom. The van der Waals surface area contributed by atoms with Gasteiger partial charge in [0.2, 0.25) is 11.8 Å². The Balaban J connectivity index is 1.54. The summed E-state index contributed by atoms with van der Waals surface area (Å²) >= 11 is 0. The highest BCUT2D eigenvalue weighted by molar-refractivity contribution is 5.91. The first-order chi connectivity index (χ1) is 11.6. The van der Waals surface area contributed by atoms with E-state index in [1.165, 1.54) is 6.42 Å². The van der Waals surface area contributed by atoms with Gasteiger partial charge in [-0.15, -0.1) is 0 Å². The largest absolute Gasteiger partial charge is 0.367 e. The number of carbonyl (C=O) groups is 2. The Labute approximate surface area is 143 Å². The summed E-state index contributed by atoms with van der Waals surface area (Å²) in [5.41, 5.74) is 1.04. The maximum Gasteiger partial charge on any atom is 0.228 e. The zero-order valence-electron chi connectivity index (χ0n) is 14.3. The summed E-state index contributed by atoms with van der Waals surface area (Å²) in [6.07, 6.45) is 7.33. The van der Waals surface area contributed by atoms with E-state index in [-0.39, 0.29) is 17.7 Å². The van der Waals surface area contributed by atoms with Crippen molar-refractivity contribution in [1.29, 1.82) is 0 Å². The van der Waals surface area contributed by atoms with Crippen molar-refractivity contribution in [1.82, 2.24) is 9.88 Å². The van der Waals surface area contributed by atoms with Crippen LogP contribution in [0.3, 0.4) is 0 Å². The van der Waals surface area contributed by atoms with Gasteiger partial charge in [0, 0.05) is 39.0 Å². The average Bonchev–Trinajstić information content (AvgIpc) is 2.63. The summed E-state index contributed by atoms with van der Waals surface area (Å²) in [6, 6.07) is 3.86. The smallest absolute Gasteiger partial charge is 0.228 e. The fraction of sp³-hybridized carbons (Fsp3) is 0.611. The molecule has 0 bridgehead atoms. The number of anilines is 2. The Hall–Kier alpha value is -2.11. The zero-order valence-corrected chi connectivity index (χ0v) is 14.3. The molecule has 2 aliphatic rings. The first-order valence-corrected chi connectivity index (χ1v) is 8.91. The molecular weight excluding hydrogens is 304 g/mol. The molecular formula is C18H26N4O2. The number of hydrogen-bond donors (Lipinski definition) is 1. The van der Waals surface area contributed by atoms with Crippen molar-refractivity contribution < 1.29 is 9.59 Å². The molecule has 1 aromatic heterocycles. The second-order valence-electron chi connectivity index (χ2n) is 6.72. The van der Waals surface area contributed by atoms with Gasteiger partial charge in [-0.1, -0.05) is 19.3 Å². The third-order valence-electron chi connectivity index (χ3n) is 5.07. The third-order valence-corrected chi connectivity index (χ3v) is 5.07. The molecule has 1 saturated carbocycles. The van der Waals surface area contributed by atoms with Gasteiger partial charge in [0.05, 0.1) is 11.9 Å². The maximum atomic E-state index is 12.3. The van der Waals surface area contributed by atoms with Crippen LogP contribution in [-0.4, -0.2) is 47.9 Å². The van der Waals surface area contributed by atoms with E-state index in [9.17, 15) is 9.59 Å². The van der Waals surface area contributed by atoms with Gasteiger partial charge in [-0.2, -0.15) is 0 Å². The summed E-state index contributed by atoms with van der Waals surface area (Å²) in [5.74, 6) is 0.996. The molecule has 1 saturated heterocycles. The van der Waals surface area contributed by atoms with Gasteiger partial charge >= 0.3 is 0 Å². The normalized spacial score (nSPS) is 19.2. The molecule has 24 heavy (non-hydrogen) atoms. The highest BCUT2D eigenvalue weighted by atomic mass is 16.2. The van der Waals surface area contributed by atoms with E-state index < -0.39 is 0 Å². The van der Waals surface area contributed by atoms with Crippen molar-refractivity contribution in [3.63, 3.8) is 0 Å². The molecule has 0 radical (unpaired) electrons. The number of nitrogens with zero attached hydrogens (tertiary/aromatic N) is 3. The molecule has 1 aliphatic heterocycles. The Kier molecular flexibility index (Phi) is 5.33. The second kappa shape index (κ2) is 7.64. The monoisotopic (exact) mass is 330 g/mol. The van der Waals surface area contributed by atoms with E-state index in [2.05, 4.69) is 15.2 Å². The van der Waals surface area contributed by atoms with E-state index >= 15 is 0 Å². The molecule has 3 rings (SSSR count). The summed E-state index contributed by atoms with van der Waals surface area (Å²) in [6.45, 7) is 4.73. The molecule has 2 fully saturated rings. The lowest BCUT2D eigenvalue weighted by molar-refractivity contribution is -0.129. The number of amides is 2. The van der Waals surface area contributed by atoms with Crippen LogP contribution in [0.4, 0.5) is 11.5 Å². The van der Waals surface area contributed by atoms with Gasteiger partial charge < -0.3 is 15.1 Å². The second-order valence-corrected chi connectivity index (χ2v) is 6.72. The van der Waals surface area contributed by atoms with E-state index in [1.54, 1.807) is 13.1 Å². The van der Waals surface area contributed by atoms with Crippen molar-refractivity contribution in [3.8, 4) is 0 Å². The molecule has 0 atom stereocenters. The van der Waals surface area contributed by atoms with Crippen LogP contribution in [0.25, 0.3) is 0 Å². The predicted molar refractivity (Wildman–Crippen MR) is 93.9 cm³/mol. The van der Waals surface area contributed by atoms with Crippen LogP contribution in [0.2, 0.25) is 0 Å². The van der Waals surface area contributed by atoms with Crippen LogP contribution >= 0.6 is 0 Å². The lowest BCUT2D eigenvalue weighted by atomic mass is 9.89. The Morgan fingerprint density at radius 2 is 1.79 bits per heavy atom. The highest BCUT2D eigenvalue weighted by Gasteiger charge is 2.22. The van der Waals surface area contributed by atoms with Crippen LogP contribution in [0.15, 0.2) is 18.3 Å². The molecule has 1 N–H and O–H groups in total. The van der Waals surface area contributed by atoms with Gasteiger partial charge in [-0.3, -0.25) is 9.59 Å². The molecule has 1 aromatic rings. The lowest BCUT2D eigenvalue weighted by Crippen LogP contribution is -2.48. The van der Waals surface area contributed by atoms with Gasteiger partial charge in [-0.25, -0.2) is 4.98 Å². The minimum atomic E-state index is 0.102. The first kappa shape index (κ1) is 16.7. The number of pyridine rings is 1. The van der Waals surface area contributed by atoms with Crippen molar-refractivity contribution >= 4 is 23.3 Å². The van der Waals surface area contributed by atoms with Crippen LogP contribution in [0.5, 0.6) is 0 Å². The minimum Gasteiger partial charge on any atom is -0.367 e. The number of piperazine rings is 1. The van der Waals surface area contributed by atoms with Gasteiger partial charge in [0.15, 0.2) is 0 Å². The van der Waals surface area contributed by atoms with Crippen LogP contribution < -0.4 is 10.2 Å². The minimum absolute atomic E-state index is 0.102. The number of hydrogen-bond acceptors (Lipinski definition) is 4. The fourth-order valence-electron chi connectivity index (χ4n) is 3.52. The molecule has 130 valence electrons. The Bertz CT molecular complexity index is 573. The standard InChI is InChI=1S/C18H26N4O2/c1-14(23)21-9-11-22(12-10-21)16-7-8-17(19-13-16)20-18(24)15-5-3-2-4-6-15/h7-8,13,15H,2-6,9-12H2,1H3,(H,19,20,24). The summed E-state index contributed by atoms with van der Waals surface area (Å²) in [5, 5.41) is 2.94. The van der Waals surface area contributed by atoms with E-state index in [4.69, 9.17) is 0 Å². The van der Waals surface area contributed by atoms with Crippen molar-refractivity contribution in [2.24, 2.45) is 5.92 Å². The zero-order chi connectivity index (χ0) is 16.9. The number of carbonyl (C=O) groups excluding carboxylic acids is 2. The maximum absolute atomic E-state index is 12.3. The van der Waals surface area contributed by atoms with E-state index in [0.717, 1.165) is 57.5 Å². The summed E-state index contributed by atoms with van der Waals surface area (Å²) in [7, 11) is 0. The van der Waals surface area contributed by atoms with E-state index in [0.29, 0.717) is 5.82 Å². The predicted octanol–water partition coefficient (Wildman–Crippen LogP) is 2.27. The molecule has 6 nitrogen and oxygen atoms in total. The quantitative estimate of drug-likeness (QED) is 0.923. The molecule has 2 heterocycles. The van der Waals surface area contributed by atoms with Gasteiger partial charge in [0.25, 0.3) is 0 Å². The first-order valence-electron chi connectivity index (χ1n) is 8.91. The SMILES string of the molecule is CC(=O)N1CCN(c2ccc(NC(=O)C3CCCCC3)nc2)CC1. The van der Waals surface area contributed by atoms with Crippen molar-refractivity contribution in [3.05, 3.63) is 18.3 Å². The van der Waals surface area contributed by atoms with Gasteiger partial charge in [0.1, 0.15) is 5.82 Å². The van der Waals surface area contributed by atoms with Crippen LogP contribution in [0.1, 0.15) is 39.0 Å². The van der Waals surface area contributed by atoms with Crippen molar-refractivity contribution in [2.45, 2.75) is 39.0 Å². The molecule has 0 spiro atoms. The number of aromatic nitrogens is 1. The average molecular weight is 330 g/mol. The van der Waals surface area contributed by atoms with Gasteiger partial charge in [-0.05, 0) is 25.0 Å². The number of nitrogens with one attached hydrogen (secondary N) is 1. The molecule has 0 aromatic carbocycles. The number of rotatable bonds is 3. The van der Waals surface area contributed by atoms with Crippen LogP contribution in [0, 0.1) is 5.92 Å². The molecule has 6 heteroatoms.